The number of rotatable bonds is 10. The lowest BCUT2D eigenvalue weighted by Crippen LogP contribution is -2.73. The van der Waals surface area contributed by atoms with Crippen LogP contribution in [0.3, 0.4) is 0 Å². The smallest absolute Gasteiger partial charge is 0.410 e. The summed E-state index contributed by atoms with van der Waals surface area (Å²) < 4.78 is 30.5. The summed E-state index contributed by atoms with van der Waals surface area (Å²) in [5.74, 6) is -1.64. The van der Waals surface area contributed by atoms with Crippen LogP contribution in [0.2, 0.25) is 0 Å². The first-order chi connectivity index (χ1) is 25.8. The van der Waals surface area contributed by atoms with E-state index in [1.807, 2.05) is 60.7 Å². The molecule has 0 unspecified atom stereocenters. The lowest BCUT2D eigenvalue weighted by molar-refractivity contribution is -0.153. The van der Waals surface area contributed by atoms with Crippen LogP contribution in [0, 0.1) is 5.92 Å². The number of amides is 4. The Morgan fingerprint density at radius 1 is 0.981 bits per heavy atom. The first-order valence-corrected chi connectivity index (χ1v) is 19.5. The number of nitrogens with zero attached hydrogens (tertiary/aromatic N) is 3. The number of allylic oxidation sites excluding steroid dienone is 1. The number of piperidine rings is 1. The number of hydrogen-bond acceptors (Lipinski definition) is 9. The van der Waals surface area contributed by atoms with Crippen LogP contribution < -0.4 is 5.32 Å². The van der Waals surface area contributed by atoms with Crippen LogP contribution in [-0.4, -0.2) is 104 Å². The van der Waals surface area contributed by atoms with E-state index in [0.29, 0.717) is 62.1 Å². The Balaban J connectivity index is 1.26. The molecule has 4 aliphatic heterocycles. The van der Waals surface area contributed by atoms with Gasteiger partial charge in [0.1, 0.15) is 29.3 Å². The van der Waals surface area contributed by atoms with Gasteiger partial charge in [-0.05, 0) is 68.7 Å². The van der Waals surface area contributed by atoms with E-state index in [9.17, 15) is 28.2 Å². The van der Waals surface area contributed by atoms with E-state index in [-0.39, 0.29) is 41.5 Å². The zero-order valence-corrected chi connectivity index (χ0v) is 31.5. The van der Waals surface area contributed by atoms with E-state index in [0.717, 1.165) is 4.90 Å². The lowest BCUT2D eigenvalue weighted by Gasteiger charge is -2.49. The van der Waals surface area contributed by atoms with Crippen LogP contribution in [0.25, 0.3) is 0 Å². The number of benzene rings is 2. The Morgan fingerprint density at radius 2 is 1.61 bits per heavy atom. The number of hydrogen-bond donors (Lipinski definition) is 1. The van der Waals surface area contributed by atoms with Crippen molar-refractivity contribution in [2.45, 2.75) is 63.2 Å². The molecule has 14 heteroatoms. The highest BCUT2D eigenvalue weighted by Crippen LogP contribution is 2.38. The first-order valence-electron chi connectivity index (χ1n) is 18.1. The van der Waals surface area contributed by atoms with Gasteiger partial charge >= 0.3 is 18.2 Å². The van der Waals surface area contributed by atoms with Crippen molar-refractivity contribution in [1.29, 1.82) is 0 Å². The highest BCUT2D eigenvalue weighted by atomic mass is 32.2. The van der Waals surface area contributed by atoms with Gasteiger partial charge in [-0.2, -0.15) is 0 Å². The Morgan fingerprint density at radius 3 is 2.20 bits per heavy atom. The Labute approximate surface area is 317 Å². The molecular weight excluding hydrogens is 713 g/mol. The van der Waals surface area contributed by atoms with Crippen molar-refractivity contribution >= 4 is 40.8 Å². The molecule has 3 atom stereocenters. The molecule has 2 aromatic rings. The number of nitrogens with one attached hydrogen (secondary N) is 1. The van der Waals surface area contributed by atoms with Crippen molar-refractivity contribution in [1.82, 2.24) is 20.0 Å². The molecule has 3 fully saturated rings. The summed E-state index contributed by atoms with van der Waals surface area (Å²) in [7, 11) is -1.75. The van der Waals surface area contributed by atoms with Crippen LogP contribution in [0.1, 0.15) is 57.3 Å². The maximum atomic E-state index is 14.4. The Kier molecular flexibility index (Phi) is 11.7. The number of likely N-dealkylation sites (tertiary alicyclic amines) is 2. The Hall–Kier alpha value is -5.24. The lowest BCUT2D eigenvalue weighted by atomic mass is 9.96. The summed E-state index contributed by atoms with van der Waals surface area (Å²) in [6.45, 7) is 10.8. The molecule has 4 aliphatic rings. The van der Waals surface area contributed by atoms with Crippen molar-refractivity contribution < 1.29 is 42.4 Å². The molecule has 4 heterocycles. The molecule has 0 bridgehead atoms. The zero-order chi connectivity index (χ0) is 38.6. The normalized spacial score (nSPS) is 22.6. The maximum absolute atomic E-state index is 14.4. The SMILES string of the molecule is C=CCOC(=O)N1CCC(CN2CCC(=CC3=C(C(=O)OC(c4ccccc4)c4ccccc4)N4C(=O)[C@@H](NC(=O)OC(C)(C)C)[C@H]4[S@@](=O)C3)C2=O)CC1. The van der Waals surface area contributed by atoms with E-state index < -0.39 is 51.9 Å². The van der Waals surface area contributed by atoms with E-state index in [2.05, 4.69) is 11.9 Å². The minimum absolute atomic E-state index is 0.113. The van der Waals surface area contributed by atoms with Crippen LogP contribution in [0.4, 0.5) is 9.59 Å². The standard InChI is InChI=1S/C40H46N4O9S/c1-5-22-51-39(49)42-19-16-26(17-20-42)24-43-21-18-29(34(43)45)23-30-25-54(50)36-31(41-38(48)53-40(2,3)4)35(46)44(36)32(30)37(47)52-33(27-12-8-6-9-13-27)28-14-10-7-11-15-28/h5-15,23,26,31,33,36H,1,16-22,24-25H2,2-4H3,(H,41,48)/t31-,36-,54+/m1/s1. The summed E-state index contributed by atoms with van der Waals surface area (Å²) in [6, 6.07) is 17.2. The quantitative estimate of drug-likeness (QED) is 0.121. The summed E-state index contributed by atoms with van der Waals surface area (Å²) in [4.78, 5) is 71.4. The van der Waals surface area contributed by atoms with Crippen LogP contribution in [0.15, 0.2) is 96.2 Å². The van der Waals surface area contributed by atoms with E-state index in [1.165, 1.54) is 6.08 Å². The van der Waals surface area contributed by atoms with E-state index in [1.54, 1.807) is 36.6 Å². The predicted octanol–water partition coefficient (Wildman–Crippen LogP) is 4.59. The third kappa shape index (κ3) is 8.59. The third-order valence-electron chi connectivity index (χ3n) is 9.69. The fourth-order valence-corrected chi connectivity index (χ4v) is 8.73. The molecule has 286 valence electrons. The molecule has 13 nitrogen and oxygen atoms in total. The van der Waals surface area contributed by atoms with Crippen molar-refractivity contribution in [3.05, 3.63) is 107 Å². The second-order valence-electron chi connectivity index (χ2n) is 14.7. The number of esters is 1. The minimum Gasteiger partial charge on any atom is -0.448 e. The summed E-state index contributed by atoms with van der Waals surface area (Å²) >= 11 is 0. The average molecular weight is 759 g/mol. The second kappa shape index (κ2) is 16.4. The van der Waals surface area contributed by atoms with Crippen LogP contribution in [0.5, 0.6) is 0 Å². The van der Waals surface area contributed by atoms with Gasteiger partial charge in [0.2, 0.25) is 5.91 Å². The number of ether oxygens (including phenoxy) is 3. The molecule has 6 rings (SSSR count). The molecule has 3 saturated heterocycles. The van der Waals surface area contributed by atoms with Crippen LogP contribution in [-0.2, 0) is 39.4 Å². The fourth-order valence-electron chi connectivity index (χ4n) is 7.10. The van der Waals surface area contributed by atoms with E-state index >= 15 is 0 Å². The van der Waals surface area contributed by atoms with Crippen molar-refractivity contribution in [3.8, 4) is 0 Å². The van der Waals surface area contributed by atoms with Gasteiger partial charge in [0.25, 0.3) is 5.91 Å². The van der Waals surface area contributed by atoms with E-state index in [4.69, 9.17) is 14.2 Å². The van der Waals surface area contributed by atoms with Gasteiger partial charge in [-0.1, -0.05) is 73.3 Å². The predicted molar refractivity (Wildman–Crippen MR) is 200 cm³/mol. The zero-order valence-electron chi connectivity index (χ0n) is 30.7. The molecule has 0 radical (unpaired) electrons. The molecular formula is C40H46N4O9S. The number of fused-ring (bicyclic) bond motifs is 1. The van der Waals surface area contributed by atoms with Crippen LogP contribution >= 0.6 is 0 Å². The summed E-state index contributed by atoms with van der Waals surface area (Å²) in [5, 5.41) is 1.49. The second-order valence-corrected chi connectivity index (χ2v) is 16.2. The largest absolute Gasteiger partial charge is 0.448 e. The number of carbonyl (C=O) groups excluding carboxylic acids is 5. The van der Waals surface area contributed by atoms with Gasteiger partial charge in [-0.15, -0.1) is 0 Å². The van der Waals surface area contributed by atoms with Crippen molar-refractivity contribution in [2.75, 3.05) is 38.5 Å². The number of alkyl carbamates (subject to hydrolysis) is 1. The molecule has 54 heavy (non-hydrogen) atoms. The highest BCUT2D eigenvalue weighted by Gasteiger charge is 2.58. The topological polar surface area (TPSA) is 152 Å². The van der Waals surface area contributed by atoms with Crippen molar-refractivity contribution in [2.24, 2.45) is 5.92 Å². The summed E-state index contributed by atoms with van der Waals surface area (Å²) in [5.41, 5.74) is 1.13. The molecule has 1 N–H and O–H groups in total. The number of carbonyl (C=O) groups is 5. The maximum Gasteiger partial charge on any atom is 0.410 e. The molecule has 0 aliphatic carbocycles. The molecule has 0 spiro atoms. The molecule has 2 aromatic carbocycles. The third-order valence-corrected chi connectivity index (χ3v) is 11.3. The highest BCUT2D eigenvalue weighted by molar-refractivity contribution is 7.86. The Bertz CT molecular complexity index is 1830. The van der Waals surface area contributed by atoms with Gasteiger partial charge in [-0.25, -0.2) is 14.4 Å². The van der Waals surface area contributed by atoms with Gasteiger partial charge in [0.15, 0.2) is 6.10 Å². The molecule has 0 saturated carbocycles. The first kappa shape index (κ1) is 38.5. The minimum atomic E-state index is -1.75. The molecule has 0 aromatic heterocycles. The monoisotopic (exact) mass is 758 g/mol. The fraction of sp³-hybridized carbons (Fsp3) is 0.425. The van der Waals surface area contributed by atoms with Gasteiger partial charge in [0, 0.05) is 31.8 Å². The molecule has 4 amide bonds. The van der Waals surface area contributed by atoms with Gasteiger partial charge in [-0.3, -0.25) is 18.7 Å². The summed E-state index contributed by atoms with van der Waals surface area (Å²) in [6.07, 6.45) is 2.86. The van der Waals surface area contributed by atoms with Crippen molar-refractivity contribution in [3.63, 3.8) is 0 Å². The average Bonchev–Trinajstić information content (AvgIpc) is 3.49. The van der Waals surface area contributed by atoms with Gasteiger partial charge < -0.3 is 29.3 Å². The number of β-lactam (4-membered cyclic amide) rings is 1. The van der Waals surface area contributed by atoms with Gasteiger partial charge in [0.05, 0.1) is 16.6 Å².